The highest BCUT2D eigenvalue weighted by Crippen LogP contribution is 2.29. The Bertz CT molecular complexity index is 831. The van der Waals surface area contributed by atoms with Crippen LogP contribution in [0.15, 0.2) is 59.1 Å². The Morgan fingerprint density at radius 3 is 2.52 bits per heavy atom. The Morgan fingerprint density at radius 1 is 1.10 bits per heavy atom. The highest BCUT2D eigenvalue weighted by Gasteiger charge is 2.17. The van der Waals surface area contributed by atoms with Crippen molar-refractivity contribution in [2.45, 2.75) is 0 Å². The summed E-state index contributed by atoms with van der Waals surface area (Å²) in [5, 5.41) is 13.9. The topological polar surface area (TPSA) is 67.6 Å². The van der Waals surface area contributed by atoms with Crippen molar-refractivity contribution in [3.63, 3.8) is 0 Å². The number of nitriles is 1. The molecule has 3 aromatic rings. The molecule has 4 nitrogen and oxygen atoms in total. The summed E-state index contributed by atoms with van der Waals surface area (Å²) >= 11 is 3.43. The zero-order chi connectivity index (χ0) is 14.8. The number of aromatic nitrogens is 2. The van der Waals surface area contributed by atoms with Crippen LogP contribution in [0.25, 0.3) is 16.9 Å². The van der Waals surface area contributed by atoms with Crippen LogP contribution in [0.5, 0.6) is 0 Å². The van der Waals surface area contributed by atoms with Gasteiger partial charge in [0.1, 0.15) is 23.1 Å². The maximum atomic E-state index is 9.40. The number of para-hydroxylation sites is 1. The van der Waals surface area contributed by atoms with Crippen molar-refractivity contribution < 1.29 is 0 Å². The molecule has 1 heterocycles. The van der Waals surface area contributed by atoms with Crippen molar-refractivity contribution >= 4 is 21.7 Å². The molecule has 0 amide bonds. The van der Waals surface area contributed by atoms with Gasteiger partial charge in [0.2, 0.25) is 0 Å². The second-order valence-electron chi connectivity index (χ2n) is 4.48. The van der Waals surface area contributed by atoms with Gasteiger partial charge in [0.15, 0.2) is 0 Å². The van der Waals surface area contributed by atoms with E-state index in [2.05, 4.69) is 27.1 Å². The Hall–Kier alpha value is -2.58. The average molecular weight is 339 g/mol. The number of nitrogen functional groups attached to an aromatic ring is 1. The van der Waals surface area contributed by atoms with E-state index in [4.69, 9.17) is 5.73 Å². The molecule has 2 aromatic carbocycles. The lowest BCUT2D eigenvalue weighted by atomic mass is 10.1. The smallest absolute Gasteiger partial charge is 0.145 e. The number of benzene rings is 2. The molecule has 1 aromatic heterocycles. The molecule has 0 aliphatic carbocycles. The third-order valence-corrected chi connectivity index (χ3v) is 3.63. The second-order valence-corrected chi connectivity index (χ2v) is 5.39. The number of anilines is 1. The van der Waals surface area contributed by atoms with Gasteiger partial charge in [-0.15, -0.1) is 0 Å². The van der Waals surface area contributed by atoms with Crippen molar-refractivity contribution in [2.24, 2.45) is 0 Å². The molecule has 0 aliphatic heterocycles. The maximum absolute atomic E-state index is 9.40. The van der Waals surface area contributed by atoms with Gasteiger partial charge < -0.3 is 5.73 Å². The molecule has 5 heteroatoms. The van der Waals surface area contributed by atoms with E-state index < -0.39 is 0 Å². The van der Waals surface area contributed by atoms with E-state index in [1.165, 1.54) is 0 Å². The fraction of sp³-hybridized carbons (Fsp3) is 0. The molecule has 0 aliphatic rings. The molecule has 0 atom stereocenters. The van der Waals surface area contributed by atoms with Gasteiger partial charge >= 0.3 is 0 Å². The molecular weight excluding hydrogens is 328 g/mol. The first-order chi connectivity index (χ1) is 10.2. The van der Waals surface area contributed by atoms with Crippen molar-refractivity contribution in [3.8, 4) is 23.0 Å². The summed E-state index contributed by atoms with van der Waals surface area (Å²) in [6.07, 6.45) is 0. The van der Waals surface area contributed by atoms with E-state index in [0.29, 0.717) is 17.1 Å². The van der Waals surface area contributed by atoms with Crippen LogP contribution in [0.2, 0.25) is 0 Å². The van der Waals surface area contributed by atoms with Gasteiger partial charge in [-0.3, -0.25) is 0 Å². The Kier molecular flexibility index (Phi) is 3.46. The minimum absolute atomic E-state index is 0.346. The minimum Gasteiger partial charge on any atom is -0.382 e. The summed E-state index contributed by atoms with van der Waals surface area (Å²) in [5.74, 6) is 0.346. The van der Waals surface area contributed by atoms with Gasteiger partial charge in [-0.05, 0) is 24.3 Å². The fourth-order valence-corrected chi connectivity index (χ4v) is 2.54. The number of hydrogen-bond acceptors (Lipinski definition) is 3. The zero-order valence-electron chi connectivity index (χ0n) is 11.0. The van der Waals surface area contributed by atoms with Gasteiger partial charge in [-0.25, -0.2) is 4.68 Å². The summed E-state index contributed by atoms with van der Waals surface area (Å²) in [5.41, 5.74) is 8.73. The summed E-state index contributed by atoms with van der Waals surface area (Å²) in [4.78, 5) is 0. The highest BCUT2D eigenvalue weighted by atomic mass is 79.9. The van der Waals surface area contributed by atoms with Crippen LogP contribution >= 0.6 is 15.9 Å². The molecular formula is C16H11BrN4. The van der Waals surface area contributed by atoms with Gasteiger partial charge in [-0.2, -0.15) is 10.4 Å². The standard InChI is InChI=1S/C16H11BrN4/c17-12-6-4-5-11(9-12)15-14(10-18)16(19)21(20-15)13-7-2-1-3-8-13/h1-9H,19H2. The molecule has 0 bridgehead atoms. The van der Waals surface area contributed by atoms with Crippen LogP contribution in [0.4, 0.5) is 5.82 Å². The van der Waals surface area contributed by atoms with E-state index in [9.17, 15) is 5.26 Å². The highest BCUT2D eigenvalue weighted by molar-refractivity contribution is 9.10. The average Bonchev–Trinajstić information content (AvgIpc) is 2.85. The van der Waals surface area contributed by atoms with E-state index >= 15 is 0 Å². The van der Waals surface area contributed by atoms with E-state index in [0.717, 1.165) is 15.7 Å². The lowest BCUT2D eigenvalue weighted by molar-refractivity contribution is 0.895. The molecule has 21 heavy (non-hydrogen) atoms. The molecule has 0 fully saturated rings. The van der Waals surface area contributed by atoms with E-state index in [1.807, 2.05) is 54.6 Å². The van der Waals surface area contributed by atoms with Gasteiger partial charge in [0.05, 0.1) is 5.69 Å². The third kappa shape index (κ3) is 2.41. The minimum atomic E-state index is 0.346. The summed E-state index contributed by atoms with van der Waals surface area (Å²) < 4.78 is 2.52. The summed E-state index contributed by atoms with van der Waals surface area (Å²) in [6, 6.07) is 19.3. The van der Waals surface area contributed by atoms with Crippen molar-refractivity contribution in [3.05, 3.63) is 64.6 Å². The van der Waals surface area contributed by atoms with Crippen LogP contribution in [-0.4, -0.2) is 9.78 Å². The van der Waals surface area contributed by atoms with Gasteiger partial charge in [0.25, 0.3) is 0 Å². The number of rotatable bonds is 2. The molecule has 0 unspecified atom stereocenters. The lowest BCUT2D eigenvalue weighted by Gasteiger charge is -2.02. The molecule has 102 valence electrons. The van der Waals surface area contributed by atoms with E-state index in [1.54, 1.807) is 4.68 Å². The zero-order valence-corrected chi connectivity index (χ0v) is 12.6. The van der Waals surface area contributed by atoms with E-state index in [-0.39, 0.29) is 0 Å². The SMILES string of the molecule is N#Cc1c(-c2cccc(Br)c2)nn(-c2ccccc2)c1N. The largest absolute Gasteiger partial charge is 0.382 e. The quantitative estimate of drug-likeness (QED) is 0.773. The molecule has 0 saturated heterocycles. The normalized spacial score (nSPS) is 10.3. The predicted molar refractivity (Wildman–Crippen MR) is 85.8 cm³/mol. The number of nitrogens with zero attached hydrogens (tertiary/aromatic N) is 3. The Labute approximate surface area is 130 Å². The van der Waals surface area contributed by atoms with Crippen LogP contribution in [0.3, 0.4) is 0 Å². The third-order valence-electron chi connectivity index (χ3n) is 3.13. The first-order valence-electron chi connectivity index (χ1n) is 6.30. The van der Waals surface area contributed by atoms with Gasteiger partial charge in [0, 0.05) is 10.0 Å². The number of hydrogen-bond donors (Lipinski definition) is 1. The molecule has 2 N–H and O–H groups in total. The summed E-state index contributed by atoms with van der Waals surface area (Å²) in [6.45, 7) is 0. The van der Waals surface area contributed by atoms with Gasteiger partial charge in [-0.1, -0.05) is 46.3 Å². The molecule has 0 spiro atoms. The maximum Gasteiger partial charge on any atom is 0.145 e. The summed E-state index contributed by atoms with van der Waals surface area (Å²) in [7, 11) is 0. The Morgan fingerprint density at radius 2 is 1.86 bits per heavy atom. The van der Waals surface area contributed by atoms with Crippen LogP contribution in [-0.2, 0) is 0 Å². The van der Waals surface area contributed by atoms with Crippen LogP contribution in [0.1, 0.15) is 5.56 Å². The lowest BCUT2D eigenvalue weighted by Crippen LogP contribution is -2.01. The predicted octanol–water partition coefficient (Wildman–Crippen LogP) is 3.76. The van der Waals surface area contributed by atoms with Crippen molar-refractivity contribution in [1.29, 1.82) is 5.26 Å². The fourth-order valence-electron chi connectivity index (χ4n) is 2.15. The molecule has 0 saturated carbocycles. The van der Waals surface area contributed by atoms with Crippen LogP contribution in [0, 0.1) is 11.3 Å². The van der Waals surface area contributed by atoms with Crippen LogP contribution < -0.4 is 5.73 Å². The monoisotopic (exact) mass is 338 g/mol. The second kappa shape index (κ2) is 5.43. The number of nitrogens with two attached hydrogens (primary N) is 1. The van der Waals surface area contributed by atoms with Crippen molar-refractivity contribution in [2.75, 3.05) is 5.73 Å². The molecule has 0 radical (unpaired) electrons. The van der Waals surface area contributed by atoms with Crippen molar-refractivity contribution in [1.82, 2.24) is 9.78 Å². The first kappa shape index (κ1) is 13.4. The first-order valence-corrected chi connectivity index (χ1v) is 7.10. The Balaban J connectivity index is 2.22. The number of halogens is 1. The molecule has 3 rings (SSSR count).